The molecule has 1 saturated heterocycles. The lowest BCUT2D eigenvalue weighted by molar-refractivity contribution is -0.00461. The summed E-state index contributed by atoms with van der Waals surface area (Å²) in [6, 6.07) is 0.542. The van der Waals surface area contributed by atoms with Crippen molar-refractivity contribution in [2.75, 3.05) is 40.9 Å². The van der Waals surface area contributed by atoms with Crippen LogP contribution in [0.5, 0.6) is 0 Å². The van der Waals surface area contributed by atoms with Gasteiger partial charge in [-0.25, -0.2) is 0 Å². The Morgan fingerprint density at radius 3 is 2.00 bits per heavy atom. The molecule has 0 bridgehead atoms. The molecule has 1 aliphatic heterocycles. The molecule has 1 rings (SSSR count). The average Bonchev–Trinajstić information content (AvgIpc) is 2.70. The second kappa shape index (κ2) is 6.85. The van der Waals surface area contributed by atoms with E-state index in [0.717, 1.165) is 26.1 Å². The molecular formula is C14H30N2O2. The molecule has 4 heteroatoms. The zero-order valence-electron chi connectivity index (χ0n) is 12.8. The van der Waals surface area contributed by atoms with Crippen molar-refractivity contribution < 1.29 is 9.47 Å². The number of nitrogens with one attached hydrogen (secondary N) is 1. The molecule has 4 nitrogen and oxygen atoms in total. The Bertz CT molecular complexity index is 228. The Balaban J connectivity index is 2.40. The Kier molecular flexibility index (Phi) is 6.05. The highest BCUT2D eigenvalue weighted by Gasteiger charge is 2.33. The first kappa shape index (κ1) is 15.9. The molecule has 0 aliphatic carbocycles. The monoisotopic (exact) mass is 258 g/mol. The van der Waals surface area contributed by atoms with Gasteiger partial charge in [-0.3, -0.25) is 4.90 Å². The van der Waals surface area contributed by atoms with Crippen LogP contribution < -0.4 is 5.32 Å². The first-order chi connectivity index (χ1) is 8.42. The van der Waals surface area contributed by atoms with Gasteiger partial charge < -0.3 is 14.8 Å². The van der Waals surface area contributed by atoms with Crippen LogP contribution in [0.4, 0.5) is 0 Å². The number of rotatable bonds is 6. The van der Waals surface area contributed by atoms with Gasteiger partial charge in [-0.15, -0.1) is 0 Å². The lowest BCUT2D eigenvalue weighted by Crippen LogP contribution is -2.40. The van der Waals surface area contributed by atoms with Gasteiger partial charge in [0, 0.05) is 33.4 Å². The molecule has 1 N–H and O–H groups in total. The second-order valence-electron chi connectivity index (χ2n) is 6.30. The van der Waals surface area contributed by atoms with E-state index in [-0.39, 0.29) is 12.2 Å². The summed E-state index contributed by atoms with van der Waals surface area (Å²) >= 11 is 0. The number of ether oxygens (including phenoxy) is 2. The molecule has 1 heterocycles. The van der Waals surface area contributed by atoms with E-state index >= 15 is 0 Å². The first-order valence-electron chi connectivity index (χ1n) is 6.87. The standard InChI is InChI=1S/C14H30N2O2/c1-14(2,3)13(15-4)7-8-16-9-11(17-5)12(10-16)18-6/h11-13,15H,7-10H2,1-6H3. The fourth-order valence-electron chi connectivity index (χ4n) is 2.78. The third kappa shape index (κ3) is 4.19. The Hall–Kier alpha value is -0.160. The van der Waals surface area contributed by atoms with E-state index in [0.29, 0.717) is 11.5 Å². The minimum atomic E-state index is 0.220. The molecule has 3 atom stereocenters. The van der Waals surface area contributed by atoms with E-state index in [1.165, 1.54) is 0 Å². The molecule has 0 saturated carbocycles. The zero-order valence-corrected chi connectivity index (χ0v) is 12.8. The summed E-state index contributed by atoms with van der Waals surface area (Å²) in [5, 5.41) is 3.43. The molecular weight excluding hydrogens is 228 g/mol. The highest BCUT2D eigenvalue weighted by molar-refractivity contribution is 4.87. The van der Waals surface area contributed by atoms with Crippen molar-refractivity contribution in [3.63, 3.8) is 0 Å². The molecule has 1 fully saturated rings. The number of nitrogens with zero attached hydrogens (tertiary/aromatic N) is 1. The molecule has 108 valence electrons. The maximum Gasteiger partial charge on any atom is 0.0971 e. The summed E-state index contributed by atoms with van der Waals surface area (Å²) in [6.45, 7) is 9.92. The number of hydrogen-bond donors (Lipinski definition) is 1. The summed E-state index contributed by atoms with van der Waals surface area (Å²) < 4.78 is 10.9. The molecule has 0 spiro atoms. The topological polar surface area (TPSA) is 33.7 Å². The fourth-order valence-corrected chi connectivity index (χ4v) is 2.78. The Morgan fingerprint density at radius 2 is 1.67 bits per heavy atom. The van der Waals surface area contributed by atoms with Crippen LogP contribution in [0.25, 0.3) is 0 Å². The van der Waals surface area contributed by atoms with Crippen LogP contribution in [-0.2, 0) is 9.47 Å². The van der Waals surface area contributed by atoms with E-state index < -0.39 is 0 Å². The van der Waals surface area contributed by atoms with Crippen LogP contribution in [0.3, 0.4) is 0 Å². The van der Waals surface area contributed by atoms with Crippen LogP contribution in [-0.4, -0.2) is 64.1 Å². The molecule has 3 unspecified atom stereocenters. The van der Waals surface area contributed by atoms with Gasteiger partial charge in [-0.2, -0.15) is 0 Å². The predicted molar refractivity (Wildman–Crippen MR) is 75.0 cm³/mol. The van der Waals surface area contributed by atoms with Crippen molar-refractivity contribution >= 4 is 0 Å². The second-order valence-corrected chi connectivity index (χ2v) is 6.30. The van der Waals surface area contributed by atoms with Crippen molar-refractivity contribution in [1.29, 1.82) is 0 Å². The largest absolute Gasteiger partial charge is 0.377 e. The molecule has 0 amide bonds. The number of hydrogen-bond acceptors (Lipinski definition) is 4. The van der Waals surface area contributed by atoms with Gasteiger partial charge in [0.05, 0.1) is 12.2 Å². The summed E-state index contributed by atoms with van der Waals surface area (Å²) in [5.41, 5.74) is 0.301. The Morgan fingerprint density at radius 1 is 1.17 bits per heavy atom. The van der Waals surface area contributed by atoms with E-state index in [2.05, 4.69) is 38.0 Å². The quantitative estimate of drug-likeness (QED) is 0.780. The summed E-state index contributed by atoms with van der Waals surface area (Å²) in [4.78, 5) is 2.44. The maximum absolute atomic E-state index is 5.46. The minimum absolute atomic E-state index is 0.220. The van der Waals surface area contributed by atoms with Gasteiger partial charge in [0.1, 0.15) is 0 Å². The fraction of sp³-hybridized carbons (Fsp3) is 1.00. The van der Waals surface area contributed by atoms with Gasteiger partial charge >= 0.3 is 0 Å². The molecule has 1 aliphatic rings. The normalized spacial score (nSPS) is 27.7. The van der Waals surface area contributed by atoms with Crippen molar-refractivity contribution in [3.05, 3.63) is 0 Å². The first-order valence-corrected chi connectivity index (χ1v) is 6.87. The van der Waals surface area contributed by atoms with E-state index in [9.17, 15) is 0 Å². The average molecular weight is 258 g/mol. The van der Waals surface area contributed by atoms with Gasteiger partial charge in [0.15, 0.2) is 0 Å². The highest BCUT2D eigenvalue weighted by atomic mass is 16.5. The summed E-state index contributed by atoms with van der Waals surface area (Å²) in [7, 11) is 5.59. The van der Waals surface area contributed by atoms with Crippen molar-refractivity contribution in [2.45, 2.75) is 45.4 Å². The molecule has 0 aromatic heterocycles. The van der Waals surface area contributed by atoms with Crippen molar-refractivity contribution in [1.82, 2.24) is 10.2 Å². The number of methoxy groups -OCH3 is 2. The van der Waals surface area contributed by atoms with Gasteiger partial charge in [-0.05, 0) is 25.4 Å². The lowest BCUT2D eigenvalue weighted by Gasteiger charge is -2.31. The molecule has 18 heavy (non-hydrogen) atoms. The zero-order chi connectivity index (χ0) is 13.8. The SMILES string of the molecule is CNC(CCN1CC(OC)C(OC)C1)C(C)(C)C. The molecule has 0 radical (unpaired) electrons. The van der Waals surface area contributed by atoms with Gasteiger partial charge in [-0.1, -0.05) is 20.8 Å². The minimum Gasteiger partial charge on any atom is -0.377 e. The van der Waals surface area contributed by atoms with Gasteiger partial charge in [0.2, 0.25) is 0 Å². The van der Waals surface area contributed by atoms with Gasteiger partial charge in [0.25, 0.3) is 0 Å². The Labute approximate surface area is 112 Å². The van der Waals surface area contributed by atoms with Crippen molar-refractivity contribution in [3.8, 4) is 0 Å². The van der Waals surface area contributed by atoms with Crippen molar-refractivity contribution in [2.24, 2.45) is 5.41 Å². The van der Waals surface area contributed by atoms with Crippen LogP contribution in [0.2, 0.25) is 0 Å². The van der Waals surface area contributed by atoms with Crippen LogP contribution in [0.1, 0.15) is 27.2 Å². The van der Waals surface area contributed by atoms with E-state index in [1.807, 2.05) is 0 Å². The van der Waals surface area contributed by atoms with Crippen LogP contribution in [0, 0.1) is 5.41 Å². The smallest absolute Gasteiger partial charge is 0.0971 e. The third-order valence-electron chi connectivity index (χ3n) is 4.02. The predicted octanol–water partition coefficient (Wildman–Crippen LogP) is 1.36. The highest BCUT2D eigenvalue weighted by Crippen LogP contribution is 2.23. The van der Waals surface area contributed by atoms with Crippen LogP contribution in [0.15, 0.2) is 0 Å². The van der Waals surface area contributed by atoms with E-state index in [1.54, 1.807) is 14.2 Å². The molecule has 0 aromatic carbocycles. The van der Waals surface area contributed by atoms with E-state index in [4.69, 9.17) is 9.47 Å². The molecule has 0 aromatic rings. The number of likely N-dealkylation sites (tertiary alicyclic amines) is 1. The summed E-state index contributed by atoms with van der Waals surface area (Å²) in [6.07, 6.45) is 1.60. The van der Waals surface area contributed by atoms with Crippen LogP contribution >= 0.6 is 0 Å². The lowest BCUT2D eigenvalue weighted by atomic mass is 9.85. The third-order valence-corrected chi connectivity index (χ3v) is 4.02. The maximum atomic E-state index is 5.46. The summed E-state index contributed by atoms with van der Waals surface area (Å²) in [5.74, 6) is 0.